The number of anilines is 1. The van der Waals surface area contributed by atoms with Gasteiger partial charge in [0.1, 0.15) is 0 Å². The number of nitrogens with two attached hydrogens (primary N) is 1. The summed E-state index contributed by atoms with van der Waals surface area (Å²) >= 11 is 5.97. The second kappa shape index (κ2) is 4.47. The van der Waals surface area contributed by atoms with Crippen molar-refractivity contribution in [3.63, 3.8) is 0 Å². The summed E-state index contributed by atoms with van der Waals surface area (Å²) < 4.78 is 0. The Morgan fingerprint density at radius 3 is 2.77 bits per heavy atom. The Labute approximate surface area is 84.1 Å². The second-order valence-corrected chi connectivity index (χ2v) is 4.04. The fourth-order valence-electron chi connectivity index (χ4n) is 1.09. The molecule has 0 unspecified atom stereocenters. The van der Waals surface area contributed by atoms with Gasteiger partial charge in [0.15, 0.2) is 0 Å². The van der Waals surface area contributed by atoms with Crippen LogP contribution in [0.15, 0.2) is 12.3 Å². The van der Waals surface area contributed by atoms with Crippen LogP contribution in [-0.2, 0) is 6.42 Å². The summed E-state index contributed by atoms with van der Waals surface area (Å²) in [5.74, 6) is 0.676. The molecule has 72 valence electrons. The smallest absolute Gasteiger partial charge is 0.0641 e. The number of halogens is 1. The Kier molecular flexibility index (Phi) is 3.55. The Bertz CT molecular complexity index is 284. The second-order valence-electron chi connectivity index (χ2n) is 3.63. The predicted molar refractivity (Wildman–Crippen MR) is 56.8 cm³/mol. The molecule has 1 rings (SSSR count). The molecule has 0 fully saturated rings. The van der Waals surface area contributed by atoms with Crippen molar-refractivity contribution in [3.8, 4) is 0 Å². The highest BCUT2D eigenvalue weighted by Gasteiger charge is 2.03. The lowest BCUT2D eigenvalue weighted by Gasteiger charge is -2.05. The van der Waals surface area contributed by atoms with Gasteiger partial charge in [-0.05, 0) is 24.8 Å². The van der Waals surface area contributed by atoms with Crippen molar-refractivity contribution in [2.75, 3.05) is 5.73 Å². The molecule has 1 aromatic heterocycles. The number of aryl methyl sites for hydroxylation is 1. The SMILES string of the molecule is CC(C)CCc1ncc(N)cc1Cl. The first-order valence-corrected chi connectivity index (χ1v) is 4.87. The van der Waals surface area contributed by atoms with Crippen LogP contribution in [0.5, 0.6) is 0 Å². The van der Waals surface area contributed by atoms with Crippen LogP contribution in [0.3, 0.4) is 0 Å². The van der Waals surface area contributed by atoms with Gasteiger partial charge in [0.05, 0.1) is 22.6 Å². The van der Waals surface area contributed by atoms with Crippen molar-refractivity contribution < 1.29 is 0 Å². The Balaban J connectivity index is 2.67. The minimum absolute atomic E-state index is 0.623. The lowest BCUT2D eigenvalue weighted by Crippen LogP contribution is -1.97. The standard InChI is InChI=1S/C10H15ClN2/c1-7(2)3-4-10-9(11)5-8(12)6-13-10/h5-7H,3-4,12H2,1-2H3. The molecule has 0 saturated heterocycles. The van der Waals surface area contributed by atoms with Crippen LogP contribution >= 0.6 is 11.6 Å². The first-order valence-electron chi connectivity index (χ1n) is 4.49. The van der Waals surface area contributed by atoms with E-state index in [9.17, 15) is 0 Å². The molecule has 0 saturated carbocycles. The lowest BCUT2D eigenvalue weighted by molar-refractivity contribution is 0.581. The maximum absolute atomic E-state index is 5.97. The number of nitrogen functional groups attached to an aromatic ring is 1. The quantitative estimate of drug-likeness (QED) is 0.811. The van der Waals surface area contributed by atoms with Crippen molar-refractivity contribution in [1.82, 2.24) is 4.98 Å². The van der Waals surface area contributed by atoms with Gasteiger partial charge in [-0.2, -0.15) is 0 Å². The third-order valence-electron chi connectivity index (χ3n) is 1.90. The molecule has 3 heteroatoms. The van der Waals surface area contributed by atoms with E-state index in [0.29, 0.717) is 16.6 Å². The summed E-state index contributed by atoms with van der Waals surface area (Å²) in [6.45, 7) is 4.37. The van der Waals surface area contributed by atoms with Gasteiger partial charge < -0.3 is 5.73 Å². The zero-order chi connectivity index (χ0) is 9.84. The minimum Gasteiger partial charge on any atom is -0.397 e. The van der Waals surface area contributed by atoms with Gasteiger partial charge in [0.2, 0.25) is 0 Å². The molecule has 0 bridgehead atoms. The van der Waals surface area contributed by atoms with Crippen LogP contribution in [0.4, 0.5) is 5.69 Å². The molecular weight excluding hydrogens is 184 g/mol. The molecule has 0 aliphatic carbocycles. The van der Waals surface area contributed by atoms with Gasteiger partial charge in [0.25, 0.3) is 0 Å². The van der Waals surface area contributed by atoms with Crippen LogP contribution in [0, 0.1) is 5.92 Å². The minimum atomic E-state index is 0.623. The Morgan fingerprint density at radius 2 is 2.23 bits per heavy atom. The molecule has 0 aliphatic heterocycles. The summed E-state index contributed by atoms with van der Waals surface area (Å²) in [6.07, 6.45) is 3.69. The molecule has 0 amide bonds. The van der Waals surface area contributed by atoms with E-state index in [-0.39, 0.29) is 0 Å². The largest absolute Gasteiger partial charge is 0.397 e. The molecule has 0 aromatic carbocycles. The molecule has 0 radical (unpaired) electrons. The fraction of sp³-hybridized carbons (Fsp3) is 0.500. The highest BCUT2D eigenvalue weighted by molar-refractivity contribution is 6.31. The van der Waals surface area contributed by atoms with Crippen molar-refractivity contribution in [2.24, 2.45) is 5.92 Å². The molecule has 1 aromatic rings. The van der Waals surface area contributed by atoms with Crippen molar-refractivity contribution in [3.05, 3.63) is 23.0 Å². The van der Waals surface area contributed by atoms with Gasteiger partial charge >= 0.3 is 0 Å². The van der Waals surface area contributed by atoms with E-state index >= 15 is 0 Å². The van der Waals surface area contributed by atoms with Gasteiger partial charge in [-0.15, -0.1) is 0 Å². The number of hydrogen-bond acceptors (Lipinski definition) is 2. The van der Waals surface area contributed by atoms with Crippen LogP contribution in [0.2, 0.25) is 5.02 Å². The van der Waals surface area contributed by atoms with E-state index in [1.54, 1.807) is 12.3 Å². The normalized spacial score (nSPS) is 10.8. The van der Waals surface area contributed by atoms with Crippen LogP contribution < -0.4 is 5.73 Å². The molecule has 1 heterocycles. The maximum Gasteiger partial charge on any atom is 0.0641 e. The van der Waals surface area contributed by atoms with E-state index in [0.717, 1.165) is 18.5 Å². The third kappa shape index (κ3) is 3.23. The molecule has 13 heavy (non-hydrogen) atoms. The van der Waals surface area contributed by atoms with Crippen LogP contribution in [0.1, 0.15) is 26.0 Å². The highest BCUT2D eigenvalue weighted by atomic mass is 35.5. The van der Waals surface area contributed by atoms with Gasteiger partial charge in [-0.25, -0.2) is 0 Å². The summed E-state index contributed by atoms with van der Waals surface area (Å²) in [6, 6.07) is 1.75. The number of pyridine rings is 1. The highest BCUT2D eigenvalue weighted by Crippen LogP contribution is 2.18. The van der Waals surface area contributed by atoms with E-state index < -0.39 is 0 Å². The van der Waals surface area contributed by atoms with E-state index in [1.807, 2.05) is 0 Å². The zero-order valence-electron chi connectivity index (χ0n) is 8.05. The van der Waals surface area contributed by atoms with E-state index in [2.05, 4.69) is 18.8 Å². The van der Waals surface area contributed by atoms with Crippen LogP contribution in [-0.4, -0.2) is 4.98 Å². The number of rotatable bonds is 3. The average Bonchev–Trinajstić information content (AvgIpc) is 2.02. The molecule has 0 spiro atoms. The molecule has 2 N–H and O–H groups in total. The topological polar surface area (TPSA) is 38.9 Å². The maximum atomic E-state index is 5.97. The monoisotopic (exact) mass is 198 g/mol. The lowest BCUT2D eigenvalue weighted by atomic mass is 10.1. The fourth-order valence-corrected chi connectivity index (χ4v) is 1.36. The predicted octanol–water partition coefficient (Wildman–Crippen LogP) is 2.91. The molecular formula is C10H15ClN2. The number of aromatic nitrogens is 1. The van der Waals surface area contributed by atoms with Crippen molar-refractivity contribution in [2.45, 2.75) is 26.7 Å². The molecule has 2 nitrogen and oxygen atoms in total. The Morgan fingerprint density at radius 1 is 1.54 bits per heavy atom. The van der Waals surface area contributed by atoms with Gasteiger partial charge in [-0.3, -0.25) is 4.98 Å². The van der Waals surface area contributed by atoms with Crippen LogP contribution in [0.25, 0.3) is 0 Å². The van der Waals surface area contributed by atoms with E-state index in [1.165, 1.54) is 0 Å². The third-order valence-corrected chi connectivity index (χ3v) is 2.22. The summed E-state index contributed by atoms with van der Waals surface area (Å²) in [7, 11) is 0. The summed E-state index contributed by atoms with van der Waals surface area (Å²) in [5, 5.41) is 0.681. The first kappa shape index (κ1) is 10.3. The average molecular weight is 199 g/mol. The molecule has 0 aliphatic rings. The van der Waals surface area contributed by atoms with Gasteiger partial charge in [-0.1, -0.05) is 25.4 Å². The summed E-state index contributed by atoms with van der Waals surface area (Å²) in [4.78, 5) is 4.19. The van der Waals surface area contributed by atoms with Crippen molar-refractivity contribution >= 4 is 17.3 Å². The van der Waals surface area contributed by atoms with Crippen molar-refractivity contribution in [1.29, 1.82) is 0 Å². The Hall–Kier alpha value is -0.760. The van der Waals surface area contributed by atoms with Gasteiger partial charge in [0, 0.05) is 0 Å². The zero-order valence-corrected chi connectivity index (χ0v) is 8.80. The summed E-state index contributed by atoms with van der Waals surface area (Å²) in [5.41, 5.74) is 7.11. The first-order chi connectivity index (χ1) is 6.09. The number of hydrogen-bond donors (Lipinski definition) is 1. The molecule has 0 atom stereocenters. The number of nitrogens with zero attached hydrogens (tertiary/aromatic N) is 1. The van der Waals surface area contributed by atoms with E-state index in [4.69, 9.17) is 17.3 Å².